The topological polar surface area (TPSA) is 101 Å². The number of amides is 3. The molecule has 3 amide bonds. The third kappa shape index (κ3) is 5.33. The van der Waals surface area contributed by atoms with Crippen LogP contribution in [0.4, 0.5) is 16.2 Å². The molecule has 0 aliphatic carbocycles. The number of nitrogens with zero attached hydrogens (tertiary/aromatic N) is 3. The first-order valence-electron chi connectivity index (χ1n) is 9.64. The average molecular weight is 412 g/mol. The van der Waals surface area contributed by atoms with Crippen LogP contribution in [-0.4, -0.2) is 26.7 Å². The number of rotatable bonds is 6. The third-order valence-electron chi connectivity index (χ3n) is 4.42. The van der Waals surface area contributed by atoms with Gasteiger partial charge in [-0.25, -0.2) is 14.5 Å². The van der Waals surface area contributed by atoms with Crippen LogP contribution in [0.15, 0.2) is 91.4 Å². The van der Waals surface area contributed by atoms with Gasteiger partial charge in [0.25, 0.3) is 5.91 Å². The molecule has 2 heterocycles. The summed E-state index contributed by atoms with van der Waals surface area (Å²) in [5.41, 5.74) is 2.60. The lowest BCUT2D eigenvalue weighted by Crippen LogP contribution is -2.28. The van der Waals surface area contributed by atoms with E-state index in [1.807, 2.05) is 24.3 Å². The second-order valence-electron chi connectivity index (χ2n) is 6.68. The summed E-state index contributed by atoms with van der Waals surface area (Å²) in [6.07, 6.45) is 5.15. The Hall–Kier alpha value is -4.46. The van der Waals surface area contributed by atoms with Crippen molar-refractivity contribution in [3.8, 4) is 5.82 Å². The fraction of sp³-hybridized carbons (Fsp3) is 0.0435. The molecule has 0 saturated heterocycles. The number of carbonyl (C=O) groups is 2. The molecule has 8 nitrogen and oxygen atoms in total. The molecule has 31 heavy (non-hydrogen) atoms. The van der Waals surface area contributed by atoms with E-state index in [1.165, 1.54) is 0 Å². The Labute approximate surface area is 178 Å². The number of anilines is 2. The van der Waals surface area contributed by atoms with Crippen molar-refractivity contribution in [2.24, 2.45) is 0 Å². The zero-order valence-corrected chi connectivity index (χ0v) is 16.5. The van der Waals surface area contributed by atoms with Crippen LogP contribution in [0.25, 0.3) is 5.82 Å². The molecule has 3 N–H and O–H groups in total. The highest BCUT2D eigenvalue weighted by Gasteiger charge is 2.07. The van der Waals surface area contributed by atoms with Gasteiger partial charge in [0, 0.05) is 42.1 Å². The molecule has 8 heteroatoms. The normalized spacial score (nSPS) is 10.3. The summed E-state index contributed by atoms with van der Waals surface area (Å²) in [7, 11) is 0. The second kappa shape index (κ2) is 9.36. The van der Waals surface area contributed by atoms with Gasteiger partial charge in [-0.05, 0) is 54.1 Å². The van der Waals surface area contributed by atoms with Crippen LogP contribution in [0.3, 0.4) is 0 Å². The minimum atomic E-state index is -0.357. The van der Waals surface area contributed by atoms with E-state index in [9.17, 15) is 9.59 Å². The number of benzene rings is 2. The van der Waals surface area contributed by atoms with E-state index >= 15 is 0 Å². The van der Waals surface area contributed by atoms with Crippen molar-refractivity contribution in [1.82, 2.24) is 20.1 Å². The lowest BCUT2D eigenvalue weighted by atomic mass is 10.2. The molecule has 0 atom stereocenters. The molecular formula is C23H20N6O2. The second-order valence-corrected chi connectivity index (χ2v) is 6.68. The van der Waals surface area contributed by atoms with Crippen LogP contribution in [0.1, 0.15) is 15.9 Å². The standard InChI is InChI=1S/C23H20N6O2/c30-22(18-6-2-1-3-7-18)27-19-8-4-9-20(15-19)28-23(31)25-16-17-10-12-24-21(14-17)29-13-5-11-26-29/h1-15H,16H2,(H,27,30)(H2,25,28,31). The minimum absolute atomic E-state index is 0.215. The van der Waals surface area contributed by atoms with Crippen LogP contribution in [0.2, 0.25) is 0 Å². The maximum Gasteiger partial charge on any atom is 0.319 e. The summed E-state index contributed by atoms with van der Waals surface area (Å²) in [4.78, 5) is 28.9. The molecule has 154 valence electrons. The van der Waals surface area contributed by atoms with E-state index in [2.05, 4.69) is 26.0 Å². The summed E-state index contributed by atoms with van der Waals surface area (Å²) < 4.78 is 1.65. The smallest absolute Gasteiger partial charge is 0.319 e. The molecule has 4 rings (SSSR count). The number of pyridine rings is 1. The quantitative estimate of drug-likeness (QED) is 0.448. The molecule has 0 aliphatic heterocycles. The molecule has 0 saturated carbocycles. The van der Waals surface area contributed by atoms with Crippen LogP contribution in [0, 0.1) is 0 Å². The molecular weight excluding hydrogens is 392 g/mol. The Morgan fingerprint density at radius 2 is 1.65 bits per heavy atom. The molecule has 2 aromatic heterocycles. The van der Waals surface area contributed by atoms with Gasteiger partial charge >= 0.3 is 6.03 Å². The Bertz CT molecular complexity index is 1180. The molecule has 0 radical (unpaired) electrons. The highest BCUT2D eigenvalue weighted by molar-refractivity contribution is 6.04. The van der Waals surface area contributed by atoms with Crippen molar-refractivity contribution in [3.63, 3.8) is 0 Å². The van der Waals surface area contributed by atoms with Gasteiger partial charge in [0.2, 0.25) is 0 Å². The van der Waals surface area contributed by atoms with Crippen molar-refractivity contribution >= 4 is 23.3 Å². The summed E-state index contributed by atoms with van der Waals surface area (Å²) >= 11 is 0. The first kappa shape index (κ1) is 19.8. The maximum atomic E-state index is 12.3. The summed E-state index contributed by atoms with van der Waals surface area (Å²) in [6, 6.07) is 21.0. The van der Waals surface area contributed by atoms with Crippen molar-refractivity contribution in [1.29, 1.82) is 0 Å². The van der Waals surface area contributed by atoms with E-state index in [4.69, 9.17) is 0 Å². The number of hydrogen-bond donors (Lipinski definition) is 3. The lowest BCUT2D eigenvalue weighted by Gasteiger charge is -2.10. The fourth-order valence-corrected chi connectivity index (χ4v) is 2.93. The van der Waals surface area contributed by atoms with Gasteiger partial charge in [-0.2, -0.15) is 5.10 Å². The predicted molar refractivity (Wildman–Crippen MR) is 118 cm³/mol. The number of nitrogens with one attached hydrogen (secondary N) is 3. The number of urea groups is 1. The Morgan fingerprint density at radius 1 is 0.839 bits per heavy atom. The number of aromatic nitrogens is 3. The predicted octanol–water partition coefficient (Wildman–Crippen LogP) is 3.84. The van der Waals surface area contributed by atoms with Gasteiger partial charge in [-0.3, -0.25) is 4.79 Å². The monoisotopic (exact) mass is 412 g/mol. The van der Waals surface area contributed by atoms with Gasteiger partial charge < -0.3 is 16.0 Å². The average Bonchev–Trinajstić information content (AvgIpc) is 3.34. The largest absolute Gasteiger partial charge is 0.334 e. The fourth-order valence-electron chi connectivity index (χ4n) is 2.93. The first-order valence-corrected chi connectivity index (χ1v) is 9.64. The minimum Gasteiger partial charge on any atom is -0.334 e. The summed E-state index contributed by atoms with van der Waals surface area (Å²) in [5, 5.41) is 12.6. The van der Waals surface area contributed by atoms with Crippen LogP contribution >= 0.6 is 0 Å². The zero-order chi connectivity index (χ0) is 21.5. The summed E-state index contributed by atoms with van der Waals surface area (Å²) in [5.74, 6) is 0.458. The number of hydrogen-bond acceptors (Lipinski definition) is 4. The highest BCUT2D eigenvalue weighted by atomic mass is 16.2. The van der Waals surface area contributed by atoms with Gasteiger partial charge in [-0.1, -0.05) is 24.3 Å². The molecule has 4 aromatic rings. The van der Waals surface area contributed by atoms with Crippen LogP contribution < -0.4 is 16.0 Å². The van der Waals surface area contributed by atoms with E-state index in [1.54, 1.807) is 71.8 Å². The molecule has 0 unspecified atom stereocenters. The highest BCUT2D eigenvalue weighted by Crippen LogP contribution is 2.16. The van der Waals surface area contributed by atoms with Gasteiger partial charge in [0.15, 0.2) is 5.82 Å². The van der Waals surface area contributed by atoms with Crippen LogP contribution in [-0.2, 0) is 6.54 Å². The molecule has 0 aliphatic rings. The number of carbonyl (C=O) groups excluding carboxylic acids is 2. The van der Waals surface area contributed by atoms with E-state index in [0.29, 0.717) is 29.3 Å². The lowest BCUT2D eigenvalue weighted by molar-refractivity contribution is 0.102. The van der Waals surface area contributed by atoms with Gasteiger partial charge in [-0.15, -0.1) is 0 Å². The molecule has 0 bridgehead atoms. The van der Waals surface area contributed by atoms with Crippen molar-refractivity contribution < 1.29 is 9.59 Å². The first-order chi connectivity index (χ1) is 15.2. The Kier molecular flexibility index (Phi) is 5.99. The SMILES string of the molecule is O=C(NCc1ccnc(-n2cccn2)c1)Nc1cccc(NC(=O)c2ccccc2)c1. The third-order valence-corrected chi connectivity index (χ3v) is 4.42. The van der Waals surface area contributed by atoms with E-state index < -0.39 is 0 Å². The van der Waals surface area contributed by atoms with E-state index in [0.717, 1.165) is 5.56 Å². The summed E-state index contributed by atoms with van der Waals surface area (Å²) in [6.45, 7) is 0.326. The molecule has 0 spiro atoms. The Balaban J connectivity index is 1.33. The van der Waals surface area contributed by atoms with Gasteiger partial charge in [0.1, 0.15) is 0 Å². The van der Waals surface area contributed by atoms with Crippen molar-refractivity contribution in [2.45, 2.75) is 6.54 Å². The zero-order valence-electron chi connectivity index (χ0n) is 16.5. The van der Waals surface area contributed by atoms with E-state index in [-0.39, 0.29) is 11.9 Å². The van der Waals surface area contributed by atoms with Crippen molar-refractivity contribution in [2.75, 3.05) is 10.6 Å². The maximum absolute atomic E-state index is 12.3. The van der Waals surface area contributed by atoms with Crippen LogP contribution in [0.5, 0.6) is 0 Å². The Morgan fingerprint density at radius 3 is 2.42 bits per heavy atom. The van der Waals surface area contributed by atoms with Crippen molar-refractivity contribution in [3.05, 3.63) is 103 Å². The molecule has 0 fully saturated rings. The van der Waals surface area contributed by atoms with Gasteiger partial charge in [0.05, 0.1) is 0 Å². The molecule has 2 aromatic carbocycles.